The standard InChI is InChI=1S/C17H21N3O/c1-13-4-6-15(7-5-13)17-19-10-16(11-20-17)21-12-14-3-2-8-18-9-14/h4-7,10-11,14,18H,2-3,8-9,12H2,1H3. The fourth-order valence-corrected chi connectivity index (χ4v) is 2.52. The van der Waals surface area contributed by atoms with Gasteiger partial charge in [-0.25, -0.2) is 9.97 Å². The summed E-state index contributed by atoms with van der Waals surface area (Å²) in [6.07, 6.45) is 5.99. The van der Waals surface area contributed by atoms with Gasteiger partial charge in [0.15, 0.2) is 11.6 Å². The smallest absolute Gasteiger partial charge is 0.159 e. The number of nitrogens with one attached hydrogen (secondary N) is 1. The van der Waals surface area contributed by atoms with Crippen LogP contribution in [0.1, 0.15) is 18.4 Å². The molecule has 1 aliphatic heterocycles. The van der Waals surface area contributed by atoms with Crippen LogP contribution < -0.4 is 10.1 Å². The van der Waals surface area contributed by atoms with E-state index >= 15 is 0 Å². The molecule has 1 N–H and O–H groups in total. The van der Waals surface area contributed by atoms with E-state index in [4.69, 9.17) is 4.74 Å². The van der Waals surface area contributed by atoms with Gasteiger partial charge in [0.2, 0.25) is 0 Å². The third-order valence-electron chi connectivity index (χ3n) is 3.82. The molecule has 0 spiro atoms. The first-order chi connectivity index (χ1) is 10.3. The van der Waals surface area contributed by atoms with Gasteiger partial charge in [-0.15, -0.1) is 0 Å². The first kappa shape index (κ1) is 14.0. The Bertz CT molecular complexity index is 560. The molecule has 1 aliphatic rings. The van der Waals surface area contributed by atoms with Gasteiger partial charge in [-0.1, -0.05) is 29.8 Å². The van der Waals surface area contributed by atoms with Crippen LogP contribution in [0.2, 0.25) is 0 Å². The molecule has 0 saturated carbocycles. The first-order valence-electron chi connectivity index (χ1n) is 7.54. The second-order valence-electron chi connectivity index (χ2n) is 5.63. The van der Waals surface area contributed by atoms with Crippen molar-refractivity contribution in [1.82, 2.24) is 15.3 Å². The normalized spacial score (nSPS) is 18.4. The van der Waals surface area contributed by atoms with Gasteiger partial charge in [0.05, 0.1) is 19.0 Å². The average molecular weight is 283 g/mol. The monoisotopic (exact) mass is 283 g/mol. The van der Waals surface area contributed by atoms with Crippen molar-refractivity contribution in [3.63, 3.8) is 0 Å². The lowest BCUT2D eigenvalue weighted by atomic mass is 10.0. The lowest BCUT2D eigenvalue weighted by Gasteiger charge is -2.22. The van der Waals surface area contributed by atoms with E-state index < -0.39 is 0 Å². The Balaban J connectivity index is 1.59. The Kier molecular flexibility index (Phi) is 4.46. The molecule has 1 atom stereocenters. The van der Waals surface area contributed by atoms with Crippen molar-refractivity contribution < 1.29 is 4.74 Å². The molecule has 0 radical (unpaired) electrons. The summed E-state index contributed by atoms with van der Waals surface area (Å²) in [5, 5.41) is 3.39. The maximum absolute atomic E-state index is 5.79. The van der Waals surface area contributed by atoms with Crippen LogP contribution in [0.3, 0.4) is 0 Å². The molecule has 0 aliphatic carbocycles. The fraction of sp³-hybridized carbons (Fsp3) is 0.412. The van der Waals surface area contributed by atoms with Crippen molar-refractivity contribution in [2.75, 3.05) is 19.7 Å². The summed E-state index contributed by atoms with van der Waals surface area (Å²) in [4.78, 5) is 8.78. The summed E-state index contributed by atoms with van der Waals surface area (Å²) in [6, 6.07) is 8.22. The minimum atomic E-state index is 0.593. The number of ether oxygens (including phenoxy) is 1. The number of aryl methyl sites for hydroxylation is 1. The van der Waals surface area contributed by atoms with Crippen LogP contribution in [0, 0.1) is 12.8 Å². The third-order valence-corrected chi connectivity index (χ3v) is 3.82. The van der Waals surface area contributed by atoms with E-state index in [1.54, 1.807) is 12.4 Å². The Morgan fingerprint density at radius 3 is 2.62 bits per heavy atom. The number of rotatable bonds is 4. The van der Waals surface area contributed by atoms with E-state index in [1.807, 2.05) is 12.1 Å². The molecule has 3 rings (SSSR count). The Morgan fingerprint density at radius 1 is 1.19 bits per heavy atom. The van der Waals surface area contributed by atoms with Gasteiger partial charge in [-0.2, -0.15) is 0 Å². The molecule has 110 valence electrons. The van der Waals surface area contributed by atoms with Crippen molar-refractivity contribution >= 4 is 0 Å². The second-order valence-corrected chi connectivity index (χ2v) is 5.63. The lowest BCUT2D eigenvalue weighted by molar-refractivity contribution is 0.217. The summed E-state index contributed by atoms with van der Waals surface area (Å²) in [5.74, 6) is 2.08. The summed E-state index contributed by atoms with van der Waals surface area (Å²) in [6.45, 7) is 4.98. The maximum Gasteiger partial charge on any atom is 0.159 e. The summed E-state index contributed by atoms with van der Waals surface area (Å²) in [7, 11) is 0. The zero-order valence-electron chi connectivity index (χ0n) is 12.4. The molecule has 1 saturated heterocycles. The van der Waals surface area contributed by atoms with Gasteiger partial charge in [-0.3, -0.25) is 0 Å². The Morgan fingerprint density at radius 2 is 1.95 bits per heavy atom. The van der Waals surface area contributed by atoms with Gasteiger partial charge in [0.1, 0.15) is 0 Å². The zero-order valence-corrected chi connectivity index (χ0v) is 12.4. The van der Waals surface area contributed by atoms with Crippen LogP contribution in [0.5, 0.6) is 5.75 Å². The molecular weight excluding hydrogens is 262 g/mol. The van der Waals surface area contributed by atoms with Crippen LogP contribution in [0.15, 0.2) is 36.7 Å². The first-order valence-corrected chi connectivity index (χ1v) is 7.54. The van der Waals surface area contributed by atoms with E-state index in [0.29, 0.717) is 5.92 Å². The highest BCUT2D eigenvalue weighted by Gasteiger charge is 2.13. The highest BCUT2D eigenvalue weighted by atomic mass is 16.5. The van der Waals surface area contributed by atoms with Crippen molar-refractivity contribution in [1.29, 1.82) is 0 Å². The van der Waals surface area contributed by atoms with Gasteiger partial charge in [0.25, 0.3) is 0 Å². The molecule has 21 heavy (non-hydrogen) atoms. The van der Waals surface area contributed by atoms with E-state index in [9.17, 15) is 0 Å². The van der Waals surface area contributed by atoms with Gasteiger partial charge >= 0.3 is 0 Å². The van der Waals surface area contributed by atoms with Crippen LogP contribution in [0.4, 0.5) is 0 Å². The highest BCUT2D eigenvalue weighted by Crippen LogP contribution is 2.18. The van der Waals surface area contributed by atoms with E-state index in [0.717, 1.165) is 36.8 Å². The van der Waals surface area contributed by atoms with E-state index in [-0.39, 0.29) is 0 Å². The third kappa shape index (κ3) is 3.79. The van der Waals surface area contributed by atoms with E-state index in [2.05, 4.69) is 34.3 Å². The van der Waals surface area contributed by atoms with Gasteiger partial charge in [-0.05, 0) is 26.3 Å². The van der Waals surface area contributed by atoms with Crippen LogP contribution in [-0.4, -0.2) is 29.7 Å². The van der Waals surface area contributed by atoms with E-state index in [1.165, 1.54) is 18.4 Å². The largest absolute Gasteiger partial charge is 0.490 e. The van der Waals surface area contributed by atoms with Crippen LogP contribution in [-0.2, 0) is 0 Å². The van der Waals surface area contributed by atoms with Crippen molar-refractivity contribution in [2.24, 2.45) is 5.92 Å². The number of benzene rings is 1. The van der Waals surface area contributed by atoms with Crippen LogP contribution in [0.25, 0.3) is 11.4 Å². The van der Waals surface area contributed by atoms with Gasteiger partial charge in [0, 0.05) is 18.0 Å². The molecule has 4 nitrogen and oxygen atoms in total. The quantitative estimate of drug-likeness (QED) is 0.937. The molecular formula is C17H21N3O. The Hall–Kier alpha value is -1.94. The molecule has 4 heteroatoms. The number of piperidine rings is 1. The molecule has 1 fully saturated rings. The lowest BCUT2D eigenvalue weighted by Crippen LogP contribution is -2.33. The molecule has 0 bridgehead atoms. The molecule has 0 amide bonds. The summed E-state index contributed by atoms with van der Waals surface area (Å²) in [5.41, 5.74) is 2.27. The molecule has 2 aromatic rings. The second kappa shape index (κ2) is 6.68. The molecule has 1 aromatic carbocycles. The predicted molar refractivity (Wildman–Crippen MR) is 83.3 cm³/mol. The van der Waals surface area contributed by atoms with Crippen molar-refractivity contribution in [2.45, 2.75) is 19.8 Å². The maximum atomic E-state index is 5.79. The molecule has 1 aromatic heterocycles. The van der Waals surface area contributed by atoms with Gasteiger partial charge < -0.3 is 10.1 Å². The molecule has 2 heterocycles. The zero-order chi connectivity index (χ0) is 14.5. The average Bonchev–Trinajstić information content (AvgIpc) is 2.55. The number of hydrogen-bond acceptors (Lipinski definition) is 4. The fourth-order valence-electron chi connectivity index (χ4n) is 2.52. The van der Waals surface area contributed by atoms with Crippen molar-refractivity contribution in [3.05, 3.63) is 42.2 Å². The van der Waals surface area contributed by atoms with Crippen LogP contribution >= 0.6 is 0 Å². The highest BCUT2D eigenvalue weighted by molar-refractivity contribution is 5.55. The SMILES string of the molecule is Cc1ccc(-c2ncc(OCC3CCCNC3)cn2)cc1. The number of nitrogens with zero attached hydrogens (tertiary/aromatic N) is 2. The molecule has 1 unspecified atom stereocenters. The van der Waals surface area contributed by atoms with Crippen molar-refractivity contribution in [3.8, 4) is 17.1 Å². The number of hydrogen-bond donors (Lipinski definition) is 1. The predicted octanol–water partition coefficient (Wildman–Crippen LogP) is 2.83. The Labute approximate surface area is 125 Å². The topological polar surface area (TPSA) is 47.0 Å². The minimum Gasteiger partial charge on any atom is -0.490 e. The number of aromatic nitrogens is 2. The minimum absolute atomic E-state index is 0.593. The summed E-state index contributed by atoms with van der Waals surface area (Å²) >= 11 is 0. The summed E-state index contributed by atoms with van der Waals surface area (Å²) < 4.78 is 5.79.